The second-order valence-electron chi connectivity index (χ2n) is 4.70. The van der Waals surface area contributed by atoms with Crippen molar-refractivity contribution in [1.29, 1.82) is 0 Å². The molecule has 0 radical (unpaired) electrons. The van der Waals surface area contributed by atoms with Crippen LogP contribution in [0.15, 0.2) is 65.4 Å². The van der Waals surface area contributed by atoms with Gasteiger partial charge >= 0.3 is 0 Å². The standard InChI is InChI=1S/C16H11BrN2/c17-12-7-5-11(6-8-12)15-13-3-1-2-4-14(13)16-18-9-10-19(15)16/h1-10,15H. The molecule has 2 nitrogen and oxygen atoms in total. The van der Waals surface area contributed by atoms with Crippen molar-refractivity contribution in [3.8, 4) is 11.4 Å². The quantitative estimate of drug-likeness (QED) is 0.513. The van der Waals surface area contributed by atoms with E-state index in [1.54, 1.807) is 0 Å². The first-order chi connectivity index (χ1) is 9.34. The van der Waals surface area contributed by atoms with Gasteiger partial charge in [-0.2, -0.15) is 0 Å². The molecule has 1 unspecified atom stereocenters. The van der Waals surface area contributed by atoms with Crippen LogP contribution in [0.1, 0.15) is 17.2 Å². The van der Waals surface area contributed by atoms with E-state index in [1.807, 2.05) is 6.20 Å². The van der Waals surface area contributed by atoms with E-state index in [0.29, 0.717) is 0 Å². The van der Waals surface area contributed by atoms with Crippen LogP contribution >= 0.6 is 15.9 Å². The van der Waals surface area contributed by atoms with Crippen LogP contribution in [0.4, 0.5) is 0 Å². The predicted molar refractivity (Wildman–Crippen MR) is 79.0 cm³/mol. The van der Waals surface area contributed by atoms with E-state index in [2.05, 4.69) is 80.2 Å². The van der Waals surface area contributed by atoms with Gasteiger partial charge in [-0.3, -0.25) is 0 Å². The number of halogens is 1. The monoisotopic (exact) mass is 310 g/mol. The van der Waals surface area contributed by atoms with Crippen molar-refractivity contribution < 1.29 is 0 Å². The summed E-state index contributed by atoms with van der Waals surface area (Å²) in [5.74, 6) is 1.06. The molecule has 4 rings (SSSR count). The zero-order valence-electron chi connectivity index (χ0n) is 10.1. The van der Waals surface area contributed by atoms with Crippen LogP contribution in [0.5, 0.6) is 0 Å². The lowest BCUT2D eigenvalue weighted by Gasteiger charge is -2.15. The highest BCUT2D eigenvalue weighted by Gasteiger charge is 2.29. The van der Waals surface area contributed by atoms with Gasteiger partial charge in [-0.05, 0) is 23.3 Å². The summed E-state index contributed by atoms with van der Waals surface area (Å²) < 4.78 is 3.35. The molecule has 0 aliphatic carbocycles. The topological polar surface area (TPSA) is 17.8 Å². The number of nitrogens with zero attached hydrogens (tertiary/aromatic N) is 2. The van der Waals surface area contributed by atoms with Crippen molar-refractivity contribution in [3.63, 3.8) is 0 Å². The Bertz CT molecular complexity index is 743. The summed E-state index contributed by atoms with van der Waals surface area (Å²) in [7, 11) is 0. The molecule has 0 N–H and O–H groups in total. The maximum Gasteiger partial charge on any atom is 0.141 e. The number of fused-ring (bicyclic) bond motifs is 3. The van der Waals surface area contributed by atoms with Gasteiger partial charge in [0.25, 0.3) is 0 Å². The molecule has 0 amide bonds. The van der Waals surface area contributed by atoms with E-state index < -0.39 is 0 Å². The first kappa shape index (κ1) is 11.0. The van der Waals surface area contributed by atoms with Gasteiger partial charge in [0.1, 0.15) is 5.82 Å². The van der Waals surface area contributed by atoms with Crippen molar-refractivity contribution in [2.75, 3.05) is 0 Å². The molecule has 92 valence electrons. The van der Waals surface area contributed by atoms with Crippen molar-refractivity contribution in [2.45, 2.75) is 6.04 Å². The van der Waals surface area contributed by atoms with E-state index in [0.717, 1.165) is 10.3 Å². The molecule has 1 aliphatic rings. The maximum atomic E-state index is 4.49. The summed E-state index contributed by atoms with van der Waals surface area (Å²) in [6.07, 6.45) is 3.93. The molecule has 19 heavy (non-hydrogen) atoms. The normalized spacial score (nSPS) is 16.2. The zero-order chi connectivity index (χ0) is 12.8. The van der Waals surface area contributed by atoms with Crippen LogP contribution in [-0.2, 0) is 0 Å². The Morgan fingerprint density at radius 1 is 1.00 bits per heavy atom. The Morgan fingerprint density at radius 2 is 1.79 bits per heavy atom. The number of hydrogen-bond donors (Lipinski definition) is 0. The Hall–Kier alpha value is -1.87. The van der Waals surface area contributed by atoms with E-state index in [9.17, 15) is 0 Å². The summed E-state index contributed by atoms with van der Waals surface area (Å²) in [6, 6.07) is 17.3. The van der Waals surface area contributed by atoms with Crippen molar-refractivity contribution in [1.82, 2.24) is 9.55 Å². The van der Waals surface area contributed by atoms with E-state index in [-0.39, 0.29) is 6.04 Å². The van der Waals surface area contributed by atoms with Crippen LogP contribution in [0.25, 0.3) is 11.4 Å². The van der Waals surface area contributed by atoms with Gasteiger partial charge in [0, 0.05) is 22.4 Å². The van der Waals surface area contributed by atoms with E-state index in [4.69, 9.17) is 0 Å². The molecular formula is C16H11BrN2. The zero-order valence-corrected chi connectivity index (χ0v) is 11.7. The molecule has 0 saturated carbocycles. The highest BCUT2D eigenvalue weighted by molar-refractivity contribution is 9.10. The van der Waals surface area contributed by atoms with Crippen molar-refractivity contribution in [3.05, 3.63) is 76.5 Å². The van der Waals surface area contributed by atoms with Crippen LogP contribution in [0.2, 0.25) is 0 Å². The third-order valence-corrected chi connectivity index (χ3v) is 4.16. The van der Waals surface area contributed by atoms with Gasteiger partial charge in [0.2, 0.25) is 0 Å². The fraction of sp³-hybridized carbons (Fsp3) is 0.0625. The summed E-state index contributed by atoms with van der Waals surface area (Å²) in [4.78, 5) is 4.49. The molecule has 1 atom stereocenters. The largest absolute Gasteiger partial charge is 0.319 e. The van der Waals surface area contributed by atoms with Crippen LogP contribution < -0.4 is 0 Å². The lowest BCUT2D eigenvalue weighted by molar-refractivity contribution is 0.716. The smallest absolute Gasteiger partial charge is 0.141 e. The summed E-state index contributed by atoms with van der Waals surface area (Å²) >= 11 is 3.49. The van der Waals surface area contributed by atoms with Crippen LogP contribution in [0, 0.1) is 0 Å². The Balaban J connectivity index is 1.96. The highest BCUT2D eigenvalue weighted by Crippen LogP contribution is 2.41. The second kappa shape index (κ2) is 4.07. The van der Waals surface area contributed by atoms with Crippen LogP contribution in [0.3, 0.4) is 0 Å². The number of rotatable bonds is 1. The second-order valence-corrected chi connectivity index (χ2v) is 5.62. The Kier molecular flexibility index (Phi) is 2.35. The highest BCUT2D eigenvalue weighted by atomic mass is 79.9. The minimum atomic E-state index is 0.238. The molecule has 3 aromatic rings. The number of benzene rings is 2. The average Bonchev–Trinajstić information content (AvgIpc) is 3.00. The minimum absolute atomic E-state index is 0.238. The van der Waals surface area contributed by atoms with E-state index in [1.165, 1.54) is 16.7 Å². The SMILES string of the molecule is Brc1ccc(C2c3ccccc3-c3nccn32)cc1. The van der Waals surface area contributed by atoms with Gasteiger partial charge in [-0.1, -0.05) is 52.3 Å². The molecule has 1 aromatic heterocycles. The van der Waals surface area contributed by atoms with Gasteiger partial charge in [-0.25, -0.2) is 4.98 Å². The predicted octanol–water partition coefficient (Wildman–Crippen LogP) is 4.26. The third-order valence-electron chi connectivity index (χ3n) is 3.63. The summed E-state index contributed by atoms with van der Waals surface area (Å²) in [6.45, 7) is 0. The first-order valence-electron chi connectivity index (χ1n) is 6.22. The fourth-order valence-electron chi connectivity index (χ4n) is 2.80. The number of aromatic nitrogens is 2. The van der Waals surface area contributed by atoms with Gasteiger partial charge in [0.15, 0.2) is 0 Å². The van der Waals surface area contributed by atoms with Crippen LogP contribution in [-0.4, -0.2) is 9.55 Å². The number of hydrogen-bond acceptors (Lipinski definition) is 1. The summed E-state index contributed by atoms with van der Waals surface area (Å²) in [5, 5.41) is 0. The first-order valence-corrected chi connectivity index (χ1v) is 7.01. The lowest BCUT2D eigenvalue weighted by atomic mass is 9.98. The van der Waals surface area contributed by atoms with E-state index >= 15 is 0 Å². The molecule has 0 fully saturated rings. The Labute approximate surface area is 119 Å². The summed E-state index contributed by atoms with van der Waals surface area (Å²) in [5.41, 5.74) is 3.85. The molecule has 0 spiro atoms. The fourth-order valence-corrected chi connectivity index (χ4v) is 3.07. The van der Waals surface area contributed by atoms with Crippen molar-refractivity contribution in [2.24, 2.45) is 0 Å². The number of imidazole rings is 1. The molecule has 0 bridgehead atoms. The molecule has 2 heterocycles. The lowest BCUT2D eigenvalue weighted by Crippen LogP contribution is -2.06. The molecule has 0 saturated heterocycles. The molecule has 3 heteroatoms. The molecule has 2 aromatic carbocycles. The van der Waals surface area contributed by atoms with Gasteiger partial charge < -0.3 is 4.57 Å². The van der Waals surface area contributed by atoms with Gasteiger partial charge in [-0.15, -0.1) is 0 Å². The molecular weight excluding hydrogens is 300 g/mol. The maximum absolute atomic E-state index is 4.49. The average molecular weight is 311 g/mol. The van der Waals surface area contributed by atoms with Crippen molar-refractivity contribution >= 4 is 15.9 Å². The third kappa shape index (κ3) is 1.58. The van der Waals surface area contributed by atoms with Gasteiger partial charge in [0.05, 0.1) is 6.04 Å². The molecule has 1 aliphatic heterocycles. The minimum Gasteiger partial charge on any atom is -0.319 e. The Morgan fingerprint density at radius 3 is 2.63 bits per heavy atom.